The van der Waals surface area contributed by atoms with Crippen molar-refractivity contribution < 1.29 is 24.1 Å². The Morgan fingerprint density at radius 2 is 2.00 bits per heavy atom. The van der Waals surface area contributed by atoms with Crippen LogP contribution in [-0.2, 0) is 0 Å². The van der Waals surface area contributed by atoms with Crippen LogP contribution in [0.5, 0.6) is 0 Å². The molecule has 9 heteroatoms. The molecule has 1 atom stereocenters. The summed E-state index contributed by atoms with van der Waals surface area (Å²) in [6, 6.07) is 11.0. The number of hydrogen-bond acceptors (Lipinski definition) is 8. The number of benzene rings is 1. The summed E-state index contributed by atoms with van der Waals surface area (Å²) in [4.78, 5) is 16.4. The maximum absolute atomic E-state index is 12.3. The zero-order valence-corrected chi connectivity index (χ0v) is 14.3. The Morgan fingerprint density at radius 1 is 1.22 bits per heavy atom. The minimum atomic E-state index is -1.15. The van der Waals surface area contributed by atoms with E-state index < -0.39 is 12.7 Å². The molecule has 0 unspecified atom stereocenters. The fourth-order valence-electron chi connectivity index (χ4n) is 2.95. The second-order valence-corrected chi connectivity index (χ2v) is 6.47. The van der Waals surface area contributed by atoms with E-state index in [1.165, 1.54) is 0 Å². The van der Waals surface area contributed by atoms with E-state index >= 15 is 0 Å². The van der Waals surface area contributed by atoms with Crippen LogP contribution < -0.4 is 5.32 Å². The lowest BCUT2D eigenvalue weighted by Gasteiger charge is -2.33. The molecule has 0 radical (unpaired) electrons. The highest BCUT2D eigenvalue weighted by Crippen LogP contribution is 2.36. The van der Waals surface area contributed by atoms with E-state index in [2.05, 4.69) is 20.6 Å². The van der Waals surface area contributed by atoms with Crippen molar-refractivity contribution in [3.8, 4) is 11.3 Å². The Kier molecular flexibility index (Phi) is 4.69. The molecule has 0 bridgehead atoms. The standard InChI is InChI=1S/C18H18N4O5/c23-9-14(24)16-20-18(27-22-16)11-6-12(7-11)19-17(25)13-8-15(26-21-13)10-4-2-1-3-5-10/h1-5,8,11-12,14,23-24H,6-7,9H2,(H,19,25)/t11-,12+,14-/m0/s1. The average molecular weight is 370 g/mol. The van der Waals surface area contributed by atoms with E-state index in [1.807, 2.05) is 30.3 Å². The van der Waals surface area contributed by atoms with Gasteiger partial charge in [0.05, 0.1) is 6.61 Å². The van der Waals surface area contributed by atoms with Crippen molar-refractivity contribution >= 4 is 5.91 Å². The molecule has 140 valence electrons. The van der Waals surface area contributed by atoms with Gasteiger partial charge in [0.25, 0.3) is 5.91 Å². The maximum atomic E-state index is 12.3. The van der Waals surface area contributed by atoms with E-state index in [0.717, 1.165) is 5.56 Å². The molecule has 1 saturated carbocycles. The van der Waals surface area contributed by atoms with Crippen molar-refractivity contribution in [2.45, 2.75) is 30.9 Å². The third-order valence-corrected chi connectivity index (χ3v) is 4.55. The number of nitrogens with one attached hydrogen (secondary N) is 1. The molecule has 4 rings (SSSR count). The van der Waals surface area contributed by atoms with Gasteiger partial charge in [-0.2, -0.15) is 4.98 Å². The van der Waals surface area contributed by atoms with Gasteiger partial charge in [-0.05, 0) is 12.8 Å². The SMILES string of the molecule is O=C(N[C@H]1C[C@@H](c2nc([C@@H](O)CO)no2)C1)c1cc(-c2ccccc2)on1. The highest BCUT2D eigenvalue weighted by Gasteiger charge is 2.36. The summed E-state index contributed by atoms with van der Waals surface area (Å²) >= 11 is 0. The van der Waals surface area contributed by atoms with E-state index in [9.17, 15) is 9.90 Å². The summed E-state index contributed by atoms with van der Waals surface area (Å²) in [6.07, 6.45) is 0.141. The van der Waals surface area contributed by atoms with Crippen molar-refractivity contribution in [3.05, 3.63) is 53.8 Å². The maximum Gasteiger partial charge on any atom is 0.273 e. The second kappa shape index (κ2) is 7.29. The number of aliphatic hydroxyl groups is 2. The fraction of sp³-hybridized carbons (Fsp3) is 0.333. The topological polar surface area (TPSA) is 135 Å². The molecule has 3 N–H and O–H groups in total. The highest BCUT2D eigenvalue weighted by atomic mass is 16.5. The molecule has 0 aliphatic heterocycles. The number of hydrogen-bond donors (Lipinski definition) is 3. The summed E-state index contributed by atoms with van der Waals surface area (Å²) in [5.41, 5.74) is 1.08. The Balaban J connectivity index is 1.32. The van der Waals surface area contributed by atoms with Gasteiger partial charge in [-0.15, -0.1) is 0 Å². The third kappa shape index (κ3) is 3.60. The number of aliphatic hydroxyl groups excluding tert-OH is 2. The highest BCUT2D eigenvalue weighted by molar-refractivity contribution is 5.93. The van der Waals surface area contributed by atoms with Crippen LogP contribution in [0.15, 0.2) is 45.4 Å². The summed E-state index contributed by atoms with van der Waals surface area (Å²) in [7, 11) is 0. The molecule has 1 fully saturated rings. The van der Waals surface area contributed by atoms with Crippen molar-refractivity contribution in [1.82, 2.24) is 20.6 Å². The van der Waals surface area contributed by atoms with Crippen molar-refractivity contribution in [2.75, 3.05) is 6.61 Å². The first-order valence-electron chi connectivity index (χ1n) is 8.59. The molecule has 2 heterocycles. The van der Waals surface area contributed by atoms with E-state index in [1.54, 1.807) is 6.07 Å². The van der Waals surface area contributed by atoms with Gasteiger partial charge >= 0.3 is 0 Å². The van der Waals surface area contributed by atoms with E-state index in [4.69, 9.17) is 14.2 Å². The average Bonchev–Trinajstić information content (AvgIpc) is 3.34. The van der Waals surface area contributed by atoms with Gasteiger partial charge in [-0.3, -0.25) is 4.79 Å². The van der Waals surface area contributed by atoms with Crippen LogP contribution in [0.2, 0.25) is 0 Å². The first-order valence-corrected chi connectivity index (χ1v) is 8.59. The molecule has 1 aromatic carbocycles. The number of aromatic nitrogens is 3. The summed E-state index contributed by atoms with van der Waals surface area (Å²) in [5.74, 6) is 0.714. The van der Waals surface area contributed by atoms with Crippen LogP contribution in [0.4, 0.5) is 0 Å². The van der Waals surface area contributed by atoms with Crippen LogP contribution in [0.1, 0.15) is 47.1 Å². The molecule has 1 aliphatic carbocycles. The van der Waals surface area contributed by atoms with Crippen molar-refractivity contribution in [3.63, 3.8) is 0 Å². The number of carbonyl (C=O) groups is 1. The lowest BCUT2D eigenvalue weighted by atomic mass is 9.80. The smallest absolute Gasteiger partial charge is 0.273 e. The molecular weight excluding hydrogens is 352 g/mol. The first kappa shape index (κ1) is 17.4. The van der Waals surface area contributed by atoms with E-state index in [-0.39, 0.29) is 29.4 Å². The predicted molar refractivity (Wildman–Crippen MR) is 91.5 cm³/mol. The fourth-order valence-corrected chi connectivity index (χ4v) is 2.95. The van der Waals surface area contributed by atoms with Gasteiger partial charge in [0, 0.05) is 23.6 Å². The Morgan fingerprint density at radius 3 is 2.74 bits per heavy atom. The quantitative estimate of drug-likeness (QED) is 0.593. The molecule has 9 nitrogen and oxygen atoms in total. The Bertz CT molecular complexity index is 917. The van der Waals surface area contributed by atoms with Crippen LogP contribution in [-0.4, -0.2) is 44.1 Å². The van der Waals surface area contributed by atoms with Crippen LogP contribution in [0, 0.1) is 0 Å². The molecule has 0 saturated heterocycles. The van der Waals surface area contributed by atoms with Gasteiger partial charge in [-0.25, -0.2) is 0 Å². The zero-order valence-electron chi connectivity index (χ0n) is 14.3. The first-order chi connectivity index (χ1) is 13.1. The van der Waals surface area contributed by atoms with E-state index in [0.29, 0.717) is 24.5 Å². The number of nitrogens with zero attached hydrogens (tertiary/aromatic N) is 3. The van der Waals surface area contributed by atoms with Crippen LogP contribution >= 0.6 is 0 Å². The van der Waals surface area contributed by atoms with Gasteiger partial charge in [0.1, 0.15) is 6.10 Å². The summed E-state index contributed by atoms with van der Waals surface area (Å²) in [6.45, 7) is -0.467. The van der Waals surface area contributed by atoms with Crippen molar-refractivity contribution in [1.29, 1.82) is 0 Å². The normalized spacial score (nSPS) is 20.1. The lowest BCUT2D eigenvalue weighted by molar-refractivity contribution is 0.0864. The number of rotatable bonds is 6. The van der Waals surface area contributed by atoms with Crippen LogP contribution in [0.25, 0.3) is 11.3 Å². The Hall–Kier alpha value is -3.04. The predicted octanol–water partition coefficient (Wildman–Crippen LogP) is 1.43. The summed E-state index contributed by atoms with van der Waals surface area (Å²) in [5, 5.41) is 28.8. The molecule has 1 aliphatic rings. The lowest BCUT2D eigenvalue weighted by Crippen LogP contribution is -2.43. The molecular formula is C18H18N4O5. The summed E-state index contributed by atoms with van der Waals surface area (Å²) < 4.78 is 10.4. The second-order valence-electron chi connectivity index (χ2n) is 6.47. The van der Waals surface area contributed by atoms with Crippen LogP contribution in [0.3, 0.4) is 0 Å². The third-order valence-electron chi connectivity index (χ3n) is 4.55. The minimum absolute atomic E-state index is 0.0135. The monoisotopic (exact) mass is 370 g/mol. The van der Waals surface area contributed by atoms with Gasteiger partial charge in [0.2, 0.25) is 11.7 Å². The molecule has 1 amide bonds. The molecule has 27 heavy (non-hydrogen) atoms. The Labute approximate surface area is 154 Å². The number of carbonyl (C=O) groups excluding carboxylic acids is 1. The largest absolute Gasteiger partial charge is 0.393 e. The molecule has 0 spiro atoms. The zero-order chi connectivity index (χ0) is 18.8. The molecule has 3 aromatic rings. The van der Waals surface area contributed by atoms with Crippen molar-refractivity contribution in [2.24, 2.45) is 0 Å². The van der Waals surface area contributed by atoms with Gasteiger partial charge < -0.3 is 24.6 Å². The minimum Gasteiger partial charge on any atom is -0.393 e. The van der Waals surface area contributed by atoms with Gasteiger partial charge in [-0.1, -0.05) is 40.6 Å². The molecule has 2 aromatic heterocycles. The number of amides is 1. The van der Waals surface area contributed by atoms with Gasteiger partial charge in [0.15, 0.2) is 11.5 Å².